The maximum absolute atomic E-state index is 5.05. The van der Waals surface area contributed by atoms with E-state index in [0.717, 1.165) is 17.9 Å². The summed E-state index contributed by atoms with van der Waals surface area (Å²) in [5.41, 5.74) is 6.91. The zero-order chi connectivity index (χ0) is 8.69. The lowest BCUT2D eigenvalue weighted by Gasteiger charge is -2.07. The van der Waals surface area contributed by atoms with Crippen LogP contribution in [0.15, 0.2) is 24.0 Å². The standard InChI is InChI=1S/C8H16N2O/c1-5-8(11-4)7(2)6-10-9-3/h5,9-10H,1,6H2,2-4H3/b8-7-. The average Bonchev–Trinajstić information content (AvgIpc) is 2.03. The third-order valence-electron chi connectivity index (χ3n) is 1.36. The van der Waals surface area contributed by atoms with E-state index in [0.29, 0.717) is 0 Å². The summed E-state index contributed by atoms with van der Waals surface area (Å²) in [5, 5.41) is 0. The summed E-state index contributed by atoms with van der Waals surface area (Å²) in [6.07, 6.45) is 1.70. The highest BCUT2D eigenvalue weighted by Gasteiger charge is 1.95. The highest BCUT2D eigenvalue weighted by Crippen LogP contribution is 2.03. The van der Waals surface area contributed by atoms with E-state index < -0.39 is 0 Å². The molecule has 2 N–H and O–H groups in total. The largest absolute Gasteiger partial charge is 0.497 e. The molecular weight excluding hydrogens is 140 g/mol. The van der Waals surface area contributed by atoms with Gasteiger partial charge in [-0.25, -0.2) is 0 Å². The van der Waals surface area contributed by atoms with E-state index in [1.165, 1.54) is 0 Å². The topological polar surface area (TPSA) is 33.3 Å². The number of hydrogen-bond donors (Lipinski definition) is 2. The summed E-state index contributed by atoms with van der Waals surface area (Å²) in [7, 11) is 3.47. The summed E-state index contributed by atoms with van der Waals surface area (Å²) in [6.45, 7) is 6.38. The molecule has 0 aliphatic heterocycles. The van der Waals surface area contributed by atoms with Crippen molar-refractivity contribution in [2.75, 3.05) is 20.7 Å². The molecule has 11 heavy (non-hydrogen) atoms. The number of allylic oxidation sites excluding steroid dienone is 1. The number of hydrogen-bond acceptors (Lipinski definition) is 3. The summed E-state index contributed by atoms with van der Waals surface area (Å²) in [5.74, 6) is 0.827. The first kappa shape index (κ1) is 10.2. The van der Waals surface area contributed by atoms with Crippen LogP contribution in [0.1, 0.15) is 6.92 Å². The Morgan fingerprint density at radius 3 is 2.64 bits per heavy atom. The van der Waals surface area contributed by atoms with Gasteiger partial charge in [0.1, 0.15) is 5.76 Å². The van der Waals surface area contributed by atoms with Gasteiger partial charge in [0, 0.05) is 6.54 Å². The molecule has 0 bridgehead atoms. The average molecular weight is 156 g/mol. The molecule has 64 valence electrons. The van der Waals surface area contributed by atoms with Crippen molar-refractivity contribution < 1.29 is 4.74 Å². The van der Waals surface area contributed by atoms with Crippen LogP contribution in [0, 0.1) is 0 Å². The van der Waals surface area contributed by atoms with Crippen LogP contribution >= 0.6 is 0 Å². The molecule has 0 unspecified atom stereocenters. The molecule has 0 atom stereocenters. The van der Waals surface area contributed by atoms with E-state index in [1.54, 1.807) is 13.2 Å². The van der Waals surface area contributed by atoms with E-state index in [1.807, 2.05) is 14.0 Å². The molecule has 0 rings (SSSR count). The van der Waals surface area contributed by atoms with Crippen LogP contribution in [0.3, 0.4) is 0 Å². The number of nitrogens with one attached hydrogen (secondary N) is 2. The van der Waals surface area contributed by atoms with Gasteiger partial charge in [0.05, 0.1) is 7.11 Å². The van der Waals surface area contributed by atoms with Crippen molar-refractivity contribution >= 4 is 0 Å². The van der Waals surface area contributed by atoms with Crippen molar-refractivity contribution in [2.24, 2.45) is 0 Å². The van der Waals surface area contributed by atoms with Gasteiger partial charge in [-0.15, -0.1) is 0 Å². The van der Waals surface area contributed by atoms with E-state index in [4.69, 9.17) is 4.74 Å². The maximum atomic E-state index is 5.05. The molecule has 0 saturated carbocycles. The Labute approximate surface area is 68.1 Å². The summed E-state index contributed by atoms with van der Waals surface area (Å²) in [6, 6.07) is 0. The summed E-state index contributed by atoms with van der Waals surface area (Å²) < 4.78 is 5.05. The van der Waals surface area contributed by atoms with Gasteiger partial charge < -0.3 is 4.74 Å². The Morgan fingerprint density at radius 1 is 1.64 bits per heavy atom. The molecule has 0 fully saturated rings. The SMILES string of the molecule is C=C/C(OC)=C(\C)CNNC. The normalized spacial score (nSPS) is 12.3. The molecule has 0 aliphatic carbocycles. The van der Waals surface area contributed by atoms with E-state index in [-0.39, 0.29) is 0 Å². The molecule has 3 heteroatoms. The van der Waals surface area contributed by atoms with Gasteiger partial charge in [0.2, 0.25) is 0 Å². The van der Waals surface area contributed by atoms with E-state index >= 15 is 0 Å². The summed E-state index contributed by atoms with van der Waals surface area (Å²) in [4.78, 5) is 0. The minimum atomic E-state index is 0.756. The monoisotopic (exact) mass is 156 g/mol. The smallest absolute Gasteiger partial charge is 0.118 e. The van der Waals surface area contributed by atoms with Crippen LogP contribution in [0.5, 0.6) is 0 Å². The van der Waals surface area contributed by atoms with Crippen molar-refractivity contribution in [3.63, 3.8) is 0 Å². The minimum absolute atomic E-state index is 0.756. The lowest BCUT2D eigenvalue weighted by atomic mass is 10.2. The van der Waals surface area contributed by atoms with Crippen molar-refractivity contribution in [1.82, 2.24) is 10.9 Å². The van der Waals surface area contributed by atoms with Crippen LogP contribution in [0.2, 0.25) is 0 Å². The molecule has 0 aromatic rings. The molecule has 0 radical (unpaired) electrons. The van der Waals surface area contributed by atoms with E-state index in [9.17, 15) is 0 Å². The molecule has 0 amide bonds. The molecule has 0 aromatic heterocycles. The van der Waals surface area contributed by atoms with E-state index in [2.05, 4.69) is 17.4 Å². The number of rotatable bonds is 5. The first-order chi connectivity index (χ1) is 5.26. The first-order valence-electron chi connectivity index (χ1n) is 3.52. The Bertz CT molecular complexity index is 152. The molecule has 0 heterocycles. The van der Waals surface area contributed by atoms with Crippen molar-refractivity contribution in [1.29, 1.82) is 0 Å². The van der Waals surface area contributed by atoms with Crippen LogP contribution in [0.25, 0.3) is 0 Å². The highest BCUT2D eigenvalue weighted by molar-refractivity contribution is 5.17. The van der Waals surface area contributed by atoms with Gasteiger partial charge >= 0.3 is 0 Å². The van der Waals surface area contributed by atoms with Gasteiger partial charge in [-0.3, -0.25) is 10.9 Å². The second kappa shape index (κ2) is 5.95. The highest BCUT2D eigenvalue weighted by atomic mass is 16.5. The minimum Gasteiger partial charge on any atom is -0.497 e. The number of methoxy groups -OCH3 is 1. The molecular formula is C8H16N2O. The van der Waals surface area contributed by atoms with Gasteiger partial charge in [-0.2, -0.15) is 0 Å². The third kappa shape index (κ3) is 3.80. The summed E-state index contributed by atoms with van der Waals surface area (Å²) >= 11 is 0. The zero-order valence-corrected chi connectivity index (χ0v) is 7.40. The molecule has 0 aromatic carbocycles. The maximum Gasteiger partial charge on any atom is 0.118 e. The predicted molar refractivity (Wildman–Crippen MR) is 47.0 cm³/mol. The van der Waals surface area contributed by atoms with Crippen LogP contribution in [-0.4, -0.2) is 20.7 Å². The quantitative estimate of drug-likeness (QED) is 0.351. The van der Waals surface area contributed by atoms with Gasteiger partial charge in [0.25, 0.3) is 0 Å². The number of ether oxygens (including phenoxy) is 1. The molecule has 0 saturated heterocycles. The van der Waals surface area contributed by atoms with Gasteiger partial charge in [0.15, 0.2) is 0 Å². The van der Waals surface area contributed by atoms with Crippen LogP contribution in [-0.2, 0) is 4.74 Å². The molecule has 0 spiro atoms. The Balaban J connectivity index is 4.00. The molecule has 0 aliphatic rings. The Kier molecular flexibility index (Phi) is 5.51. The Hall–Kier alpha value is -0.800. The van der Waals surface area contributed by atoms with Gasteiger partial charge in [-0.05, 0) is 25.6 Å². The second-order valence-corrected chi connectivity index (χ2v) is 2.16. The third-order valence-corrected chi connectivity index (χ3v) is 1.36. The first-order valence-corrected chi connectivity index (χ1v) is 3.52. The zero-order valence-electron chi connectivity index (χ0n) is 7.40. The van der Waals surface area contributed by atoms with Crippen molar-refractivity contribution in [2.45, 2.75) is 6.92 Å². The Morgan fingerprint density at radius 2 is 2.27 bits per heavy atom. The predicted octanol–water partition coefficient (Wildman–Crippen LogP) is 0.817. The second-order valence-electron chi connectivity index (χ2n) is 2.16. The fourth-order valence-electron chi connectivity index (χ4n) is 0.740. The number of hydrazine groups is 1. The van der Waals surface area contributed by atoms with Crippen molar-refractivity contribution in [3.05, 3.63) is 24.0 Å². The molecule has 3 nitrogen and oxygen atoms in total. The van der Waals surface area contributed by atoms with Gasteiger partial charge in [-0.1, -0.05) is 6.58 Å². The lowest BCUT2D eigenvalue weighted by molar-refractivity contribution is 0.301. The van der Waals surface area contributed by atoms with Crippen LogP contribution in [0.4, 0.5) is 0 Å². The fourth-order valence-corrected chi connectivity index (χ4v) is 0.740. The van der Waals surface area contributed by atoms with Crippen LogP contribution < -0.4 is 10.9 Å². The fraction of sp³-hybridized carbons (Fsp3) is 0.500. The lowest BCUT2D eigenvalue weighted by Crippen LogP contribution is -2.29. The van der Waals surface area contributed by atoms with Crippen molar-refractivity contribution in [3.8, 4) is 0 Å².